The van der Waals surface area contributed by atoms with Crippen molar-refractivity contribution in [1.29, 1.82) is 0 Å². The van der Waals surface area contributed by atoms with E-state index in [1.54, 1.807) is 18.4 Å². The number of benzene rings is 1. The maximum Gasteiger partial charge on any atom is 0.168 e. The molecule has 1 aliphatic carbocycles. The zero-order chi connectivity index (χ0) is 15.0. The molecule has 1 aromatic carbocycles. The van der Waals surface area contributed by atoms with Crippen LogP contribution in [0.5, 0.6) is 0 Å². The number of allylic oxidation sites excluding steroid dienone is 2. The average molecular weight is 320 g/mol. The number of hydrogen-bond acceptors (Lipinski definition) is 4. The van der Waals surface area contributed by atoms with Gasteiger partial charge in [-0.3, -0.25) is 4.79 Å². The molecule has 21 heavy (non-hydrogen) atoms. The summed E-state index contributed by atoms with van der Waals surface area (Å²) < 4.78 is 5.34. The zero-order valence-electron chi connectivity index (χ0n) is 11.8. The second-order valence-electron chi connectivity index (χ2n) is 4.86. The first-order valence-corrected chi connectivity index (χ1v) is 7.83. The molecule has 1 aliphatic rings. The van der Waals surface area contributed by atoms with E-state index in [2.05, 4.69) is 4.98 Å². The van der Waals surface area contributed by atoms with E-state index in [0.29, 0.717) is 23.4 Å². The molecule has 3 rings (SSSR count). The van der Waals surface area contributed by atoms with Gasteiger partial charge in [-0.05, 0) is 19.1 Å². The summed E-state index contributed by atoms with van der Waals surface area (Å²) in [4.78, 5) is 17.8. The number of Topliss-reactive ketones (excluding diaryl/α,β-unsaturated/α-hetero) is 1. The molecule has 0 bridgehead atoms. The van der Waals surface area contributed by atoms with Crippen molar-refractivity contribution in [2.45, 2.75) is 19.8 Å². The highest BCUT2D eigenvalue weighted by molar-refractivity contribution is 7.15. The summed E-state index contributed by atoms with van der Waals surface area (Å²) in [5, 5.41) is 1.59. The predicted octanol–water partition coefficient (Wildman–Crippen LogP) is 4.49. The van der Waals surface area contributed by atoms with Gasteiger partial charge in [-0.25, -0.2) is 4.98 Å². The molecule has 0 radical (unpaired) electrons. The van der Waals surface area contributed by atoms with Crippen molar-refractivity contribution < 1.29 is 9.53 Å². The van der Waals surface area contributed by atoms with E-state index in [-0.39, 0.29) is 5.78 Å². The summed E-state index contributed by atoms with van der Waals surface area (Å²) in [6, 6.07) is 7.56. The molecule has 2 aromatic rings. The highest BCUT2D eigenvalue weighted by Crippen LogP contribution is 2.37. The SMILES string of the molecule is COC1=C(c2nc(-c3ccc(Cl)cc3)sc2C)C(=O)CC1. The Bertz CT molecular complexity index is 731. The monoisotopic (exact) mass is 319 g/mol. The van der Waals surface area contributed by atoms with Crippen LogP contribution in [-0.4, -0.2) is 17.9 Å². The Morgan fingerprint density at radius 2 is 1.95 bits per heavy atom. The van der Waals surface area contributed by atoms with Crippen molar-refractivity contribution in [3.63, 3.8) is 0 Å². The first kappa shape index (κ1) is 14.3. The van der Waals surface area contributed by atoms with Gasteiger partial charge >= 0.3 is 0 Å². The second kappa shape index (κ2) is 5.62. The minimum absolute atomic E-state index is 0.114. The van der Waals surface area contributed by atoms with Crippen LogP contribution >= 0.6 is 22.9 Å². The Morgan fingerprint density at radius 1 is 1.24 bits per heavy atom. The fourth-order valence-electron chi connectivity index (χ4n) is 2.45. The zero-order valence-corrected chi connectivity index (χ0v) is 13.3. The van der Waals surface area contributed by atoms with E-state index < -0.39 is 0 Å². The number of aryl methyl sites for hydroxylation is 1. The number of ketones is 1. The predicted molar refractivity (Wildman–Crippen MR) is 85.5 cm³/mol. The number of carbonyl (C=O) groups is 1. The van der Waals surface area contributed by atoms with Crippen LogP contribution in [0, 0.1) is 6.92 Å². The van der Waals surface area contributed by atoms with Gasteiger partial charge in [-0.15, -0.1) is 11.3 Å². The lowest BCUT2D eigenvalue weighted by molar-refractivity contribution is -0.113. The molecule has 0 saturated heterocycles. The second-order valence-corrected chi connectivity index (χ2v) is 6.50. The van der Waals surface area contributed by atoms with Crippen LogP contribution in [0.15, 0.2) is 30.0 Å². The lowest BCUT2D eigenvalue weighted by Crippen LogP contribution is -1.98. The van der Waals surface area contributed by atoms with Crippen molar-refractivity contribution in [3.8, 4) is 10.6 Å². The molecule has 0 spiro atoms. The number of thiazole rings is 1. The van der Waals surface area contributed by atoms with E-state index >= 15 is 0 Å². The van der Waals surface area contributed by atoms with Gasteiger partial charge in [-0.1, -0.05) is 23.7 Å². The quantitative estimate of drug-likeness (QED) is 0.836. The van der Waals surface area contributed by atoms with Crippen LogP contribution in [0.3, 0.4) is 0 Å². The summed E-state index contributed by atoms with van der Waals surface area (Å²) in [5.41, 5.74) is 2.40. The number of ether oxygens (including phenoxy) is 1. The maximum absolute atomic E-state index is 12.1. The molecular formula is C16H14ClNO2S. The molecule has 1 heterocycles. The Balaban J connectivity index is 2.06. The fourth-order valence-corrected chi connectivity index (χ4v) is 3.50. The number of rotatable bonds is 3. The van der Waals surface area contributed by atoms with Crippen LogP contribution in [0.4, 0.5) is 0 Å². The molecule has 0 unspecified atom stereocenters. The van der Waals surface area contributed by atoms with Gasteiger partial charge in [0.25, 0.3) is 0 Å². The van der Waals surface area contributed by atoms with Gasteiger partial charge in [0.2, 0.25) is 0 Å². The third kappa shape index (κ3) is 2.61. The number of nitrogens with zero attached hydrogens (tertiary/aromatic N) is 1. The molecule has 0 fully saturated rings. The number of halogens is 1. The van der Waals surface area contributed by atoms with E-state index in [9.17, 15) is 4.79 Å². The van der Waals surface area contributed by atoms with Gasteiger partial charge in [0.1, 0.15) is 10.8 Å². The smallest absolute Gasteiger partial charge is 0.168 e. The molecule has 0 aliphatic heterocycles. The normalized spacial score (nSPS) is 14.9. The first-order valence-electron chi connectivity index (χ1n) is 6.64. The van der Waals surface area contributed by atoms with Crippen molar-refractivity contribution >= 4 is 34.3 Å². The lowest BCUT2D eigenvalue weighted by atomic mass is 10.1. The Hall–Kier alpha value is -1.65. The highest BCUT2D eigenvalue weighted by atomic mass is 35.5. The van der Waals surface area contributed by atoms with E-state index in [1.807, 2.05) is 31.2 Å². The summed E-state index contributed by atoms with van der Waals surface area (Å²) in [6.45, 7) is 1.98. The van der Waals surface area contributed by atoms with Crippen LogP contribution in [-0.2, 0) is 9.53 Å². The number of hydrogen-bond donors (Lipinski definition) is 0. The van der Waals surface area contributed by atoms with Gasteiger partial charge < -0.3 is 4.74 Å². The summed E-state index contributed by atoms with van der Waals surface area (Å²) in [6.07, 6.45) is 1.17. The van der Waals surface area contributed by atoms with Gasteiger partial charge in [0.15, 0.2) is 5.78 Å². The number of aromatic nitrogens is 1. The molecule has 3 nitrogen and oxygen atoms in total. The minimum atomic E-state index is 0.114. The third-order valence-electron chi connectivity index (χ3n) is 3.51. The molecule has 0 atom stereocenters. The Morgan fingerprint density at radius 3 is 2.62 bits per heavy atom. The fraction of sp³-hybridized carbons (Fsp3) is 0.250. The largest absolute Gasteiger partial charge is 0.500 e. The maximum atomic E-state index is 12.1. The number of carbonyl (C=O) groups excluding carboxylic acids is 1. The first-order chi connectivity index (χ1) is 10.1. The van der Waals surface area contributed by atoms with Crippen LogP contribution < -0.4 is 0 Å². The number of methoxy groups -OCH3 is 1. The average Bonchev–Trinajstić information content (AvgIpc) is 3.02. The molecular weight excluding hydrogens is 306 g/mol. The minimum Gasteiger partial charge on any atom is -0.500 e. The van der Waals surface area contributed by atoms with Gasteiger partial charge in [0, 0.05) is 28.3 Å². The van der Waals surface area contributed by atoms with Gasteiger partial charge in [0.05, 0.1) is 18.4 Å². The molecule has 5 heteroatoms. The van der Waals surface area contributed by atoms with E-state index in [1.165, 1.54) is 0 Å². The topological polar surface area (TPSA) is 39.2 Å². The van der Waals surface area contributed by atoms with Crippen molar-refractivity contribution in [3.05, 3.63) is 45.6 Å². The Labute approximate surface area is 132 Å². The molecule has 108 valence electrons. The molecule has 1 aromatic heterocycles. The molecule has 0 amide bonds. The summed E-state index contributed by atoms with van der Waals surface area (Å²) >= 11 is 7.49. The van der Waals surface area contributed by atoms with E-state index in [0.717, 1.165) is 26.9 Å². The molecule has 0 N–H and O–H groups in total. The van der Waals surface area contributed by atoms with Crippen molar-refractivity contribution in [1.82, 2.24) is 4.98 Å². The van der Waals surface area contributed by atoms with Crippen molar-refractivity contribution in [2.75, 3.05) is 7.11 Å². The standard InChI is InChI=1S/C16H14ClNO2S/c1-9-15(14-12(19)7-8-13(14)20-2)18-16(21-9)10-3-5-11(17)6-4-10/h3-6H,7-8H2,1-2H3. The summed E-state index contributed by atoms with van der Waals surface area (Å²) in [5.74, 6) is 0.860. The molecule has 0 saturated carbocycles. The van der Waals surface area contributed by atoms with Gasteiger partial charge in [-0.2, -0.15) is 0 Å². The van der Waals surface area contributed by atoms with Crippen LogP contribution in [0.1, 0.15) is 23.4 Å². The third-order valence-corrected chi connectivity index (χ3v) is 4.78. The van der Waals surface area contributed by atoms with Crippen molar-refractivity contribution in [2.24, 2.45) is 0 Å². The Kier molecular flexibility index (Phi) is 3.83. The summed E-state index contributed by atoms with van der Waals surface area (Å²) in [7, 11) is 1.61. The van der Waals surface area contributed by atoms with E-state index in [4.69, 9.17) is 16.3 Å². The van der Waals surface area contributed by atoms with Crippen LogP contribution in [0.25, 0.3) is 16.1 Å². The van der Waals surface area contributed by atoms with Crippen LogP contribution in [0.2, 0.25) is 5.02 Å². The highest BCUT2D eigenvalue weighted by Gasteiger charge is 2.28. The lowest BCUT2D eigenvalue weighted by Gasteiger charge is -2.03.